The van der Waals surface area contributed by atoms with Gasteiger partial charge in [-0.15, -0.1) is 0 Å². The van der Waals surface area contributed by atoms with Crippen molar-refractivity contribution in [3.63, 3.8) is 0 Å². The van der Waals surface area contributed by atoms with Crippen molar-refractivity contribution < 1.29 is 4.79 Å². The topological polar surface area (TPSA) is 71.2 Å². The molecule has 5 heteroatoms. The second-order valence-electron chi connectivity index (χ2n) is 6.98. The molecule has 2 fully saturated rings. The third kappa shape index (κ3) is 3.12. The van der Waals surface area contributed by atoms with Crippen LogP contribution in [0.15, 0.2) is 48.7 Å². The Morgan fingerprint density at radius 1 is 1.24 bits per heavy atom. The largest absolute Gasteiger partial charge is 0.383 e. The highest BCUT2D eigenvalue weighted by Gasteiger charge is 2.46. The van der Waals surface area contributed by atoms with Crippen molar-refractivity contribution >= 4 is 11.7 Å². The van der Waals surface area contributed by atoms with Gasteiger partial charge in [-0.3, -0.25) is 9.69 Å². The number of nitrogens with zero attached hydrogens (tertiary/aromatic N) is 2. The van der Waals surface area contributed by atoms with Crippen molar-refractivity contribution in [3.8, 4) is 0 Å². The lowest BCUT2D eigenvalue weighted by molar-refractivity contribution is -0.125. The normalized spacial score (nSPS) is 25.7. The molecule has 4 rings (SSSR count). The number of aromatic nitrogens is 1. The first-order valence-corrected chi connectivity index (χ1v) is 9.02. The van der Waals surface area contributed by atoms with Gasteiger partial charge in [-0.05, 0) is 37.4 Å². The summed E-state index contributed by atoms with van der Waals surface area (Å²) in [5, 5.41) is 3.08. The van der Waals surface area contributed by atoms with E-state index in [4.69, 9.17) is 5.73 Å². The number of anilines is 1. The van der Waals surface area contributed by atoms with Crippen molar-refractivity contribution in [2.45, 2.75) is 37.9 Å². The van der Waals surface area contributed by atoms with Gasteiger partial charge in [0, 0.05) is 30.4 Å². The van der Waals surface area contributed by atoms with Crippen LogP contribution in [0.1, 0.15) is 36.4 Å². The third-order valence-electron chi connectivity index (χ3n) is 5.58. The van der Waals surface area contributed by atoms with Gasteiger partial charge >= 0.3 is 0 Å². The van der Waals surface area contributed by atoms with E-state index in [1.54, 1.807) is 6.20 Å². The minimum absolute atomic E-state index is 0.0469. The highest BCUT2D eigenvalue weighted by molar-refractivity contribution is 5.80. The first-order chi connectivity index (χ1) is 12.2. The van der Waals surface area contributed by atoms with Crippen LogP contribution in [-0.2, 0) is 11.3 Å². The highest BCUT2D eigenvalue weighted by atomic mass is 16.2. The fourth-order valence-corrected chi connectivity index (χ4v) is 4.37. The molecule has 25 heavy (non-hydrogen) atoms. The monoisotopic (exact) mass is 336 g/mol. The number of carbonyl (C=O) groups excluding carboxylic acids is 1. The van der Waals surface area contributed by atoms with E-state index >= 15 is 0 Å². The zero-order chi connectivity index (χ0) is 17.2. The molecule has 2 aliphatic heterocycles. The number of rotatable bonds is 4. The fourth-order valence-electron chi connectivity index (χ4n) is 4.37. The second kappa shape index (κ2) is 6.84. The Hall–Kier alpha value is -2.40. The predicted molar refractivity (Wildman–Crippen MR) is 97.5 cm³/mol. The predicted octanol–water partition coefficient (Wildman–Crippen LogP) is 2.51. The summed E-state index contributed by atoms with van der Waals surface area (Å²) in [5.41, 5.74) is 8.07. The molecule has 1 amide bonds. The molecule has 2 aromatic rings. The quantitative estimate of drug-likeness (QED) is 0.900. The van der Waals surface area contributed by atoms with E-state index in [1.165, 1.54) is 12.0 Å². The Morgan fingerprint density at radius 3 is 2.88 bits per heavy atom. The number of amides is 1. The SMILES string of the molecule is Nc1ncccc1CNC(=O)[C@H]1C[C@@H](c2ccccc2)N2CCC[C@H]12. The Balaban J connectivity index is 1.46. The van der Waals surface area contributed by atoms with Crippen molar-refractivity contribution in [1.29, 1.82) is 0 Å². The zero-order valence-electron chi connectivity index (χ0n) is 14.3. The second-order valence-corrected chi connectivity index (χ2v) is 6.98. The van der Waals surface area contributed by atoms with Gasteiger partial charge in [0.1, 0.15) is 5.82 Å². The smallest absolute Gasteiger partial charge is 0.225 e. The minimum Gasteiger partial charge on any atom is -0.383 e. The third-order valence-corrected chi connectivity index (χ3v) is 5.58. The molecule has 0 unspecified atom stereocenters. The number of benzene rings is 1. The van der Waals surface area contributed by atoms with E-state index in [9.17, 15) is 4.79 Å². The van der Waals surface area contributed by atoms with Crippen LogP contribution in [0.25, 0.3) is 0 Å². The summed E-state index contributed by atoms with van der Waals surface area (Å²) in [6, 6.07) is 15.0. The molecule has 0 aliphatic carbocycles. The fraction of sp³-hybridized carbons (Fsp3) is 0.400. The number of nitrogen functional groups attached to an aromatic ring is 1. The van der Waals surface area contributed by atoms with Crippen LogP contribution < -0.4 is 11.1 Å². The molecule has 3 N–H and O–H groups in total. The number of hydrogen-bond acceptors (Lipinski definition) is 4. The molecule has 1 aromatic carbocycles. The summed E-state index contributed by atoms with van der Waals surface area (Å²) < 4.78 is 0. The average molecular weight is 336 g/mol. The van der Waals surface area contributed by atoms with Crippen LogP contribution in [-0.4, -0.2) is 28.4 Å². The van der Waals surface area contributed by atoms with Crippen molar-refractivity contribution in [1.82, 2.24) is 15.2 Å². The van der Waals surface area contributed by atoms with Gasteiger partial charge in [0.25, 0.3) is 0 Å². The zero-order valence-corrected chi connectivity index (χ0v) is 14.3. The van der Waals surface area contributed by atoms with Gasteiger partial charge in [-0.1, -0.05) is 36.4 Å². The van der Waals surface area contributed by atoms with E-state index in [0.717, 1.165) is 24.9 Å². The lowest BCUT2D eigenvalue weighted by Gasteiger charge is -2.24. The highest BCUT2D eigenvalue weighted by Crippen LogP contribution is 2.44. The molecule has 0 spiro atoms. The van der Waals surface area contributed by atoms with Crippen LogP contribution in [0.4, 0.5) is 5.82 Å². The standard InChI is InChI=1S/C20H24N4O/c21-19-15(8-4-10-22-19)13-23-20(25)16-12-18(14-6-2-1-3-7-14)24-11-5-9-17(16)24/h1-4,6-8,10,16-18H,5,9,11-13H2,(H2,21,22)(H,23,25)/t16-,17+,18-/m0/s1. The summed E-state index contributed by atoms with van der Waals surface area (Å²) in [4.78, 5) is 19.5. The molecule has 1 aromatic heterocycles. The van der Waals surface area contributed by atoms with Gasteiger partial charge in [-0.2, -0.15) is 0 Å². The minimum atomic E-state index is 0.0469. The van der Waals surface area contributed by atoms with E-state index in [-0.39, 0.29) is 11.8 Å². The molecule has 130 valence electrons. The van der Waals surface area contributed by atoms with Gasteiger partial charge in [0.05, 0.1) is 5.92 Å². The average Bonchev–Trinajstić information content (AvgIpc) is 3.24. The number of hydrogen-bond donors (Lipinski definition) is 2. The number of pyridine rings is 1. The summed E-state index contributed by atoms with van der Waals surface area (Å²) in [7, 11) is 0. The molecule has 0 bridgehead atoms. The van der Waals surface area contributed by atoms with Crippen LogP contribution >= 0.6 is 0 Å². The van der Waals surface area contributed by atoms with Crippen molar-refractivity contribution in [2.75, 3.05) is 12.3 Å². The Bertz CT molecular complexity index is 748. The molecular formula is C20H24N4O. The van der Waals surface area contributed by atoms with Gasteiger partial charge in [-0.25, -0.2) is 4.98 Å². The lowest BCUT2D eigenvalue weighted by Crippen LogP contribution is -2.37. The first-order valence-electron chi connectivity index (χ1n) is 9.02. The maximum Gasteiger partial charge on any atom is 0.225 e. The Morgan fingerprint density at radius 2 is 2.08 bits per heavy atom. The first kappa shape index (κ1) is 16.1. The molecule has 0 saturated carbocycles. The van der Waals surface area contributed by atoms with E-state index < -0.39 is 0 Å². The molecule has 2 aliphatic rings. The number of fused-ring (bicyclic) bond motifs is 1. The number of nitrogens with one attached hydrogen (secondary N) is 1. The Labute approximate surface area is 148 Å². The lowest BCUT2D eigenvalue weighted by atomic mass is 9.93. The van der Waals surface area contributed by atoms with Gasteiger partial charge in [0.2, 0.25) is 5.91 Å². The van der Waals surface area contributed by atoms with Crippen molar-refractivity contribution in [2.24, 2.45) is 5.92 Å². The van der Waals surface area contributed by atoms with Gasteiger partial charge in [0.15, 0.2) is 0 Å². The summed E-state index contributed by atoms with van der Waals surface area (Å²) in [6.07, 6.45) is 4.84. The molecule has 2 saturated heterocycles. The number of carbonyl (C=O) groups is 1. The molecule has 3 heterocycles. The number of nitrogens with two attached hydrogens (primary N) is 1. The van der Waals surface area contributed by atoms with E-state index in [2.05, 4.69) is 39.5 Å². The van der Waals surface area contributed by atoms with Crippen LogP contribution in [0, 0.1) is 5.92 Å². The Kier molecular flexibility index (Phi) is 4.40. The van der Waals surface area contributed by atoms with Crippen molar-refractivity contribution in [3.05, 3.63) is 59.8 Å². The maximum atomic E-state index is 12.9. The molecular weight excluding hydrogens is 312 g/mol. The summed E-state index contributed by atoms with van der Waals surface area (Å²) >= 11 is 0. The van der Waals surface area contributed by atoms with E-state index in [1.807, 2.05) is 18.2 Å². The molecule has 0 radical (unpaired) electrons. The molecule has 5 nitrogen and oxygen atoms in total. The van der Waals surface area contributed by atoms with E-state index in [0.29, 0.717) is 24.4 Å². The van der Waals surface area contributed by atoms with Crippen LogP contribution in [0.5, 0.6) is 0 Å². The summed E-state index contributed by atoms with van der Waals surface area (Å²) in [5.74, 6) is 0.670. The van der Waals surface area contributed by atoms with Crippen LogP contribution in [0.2, 0.25) is 0 Å². The van der Waals surface area contributed by atoms with Crippen LogP contribution in [0.3, 0.4) is 0 Å². The molecule has 3 atom stereocenters. The summed E-state index contributed by atoms with van der Waals surface area (Å²) in [6.45, 7) is 1.53. The maximum absolute atomic E-state index is 12.9. The van der Waals surface area contributed by atoms with Gasteiger partial charge < -0.3 is 11.1 Å².